The molecule has 0 aliphatic rings. The molecule has 0 aliphatic heterocycles. The second-order valence-electron chi connectivity index (χ2n) is 4.32. The number of carbonyl (C=O) groups excluding carboxylic acids is 1. The van der Waals surface area contributed by atoms with Gasteiger partial charge < -0.3 is 9.84 Å². The number of carboxylic acid groups (broad SMARTS) is 1. The molecule has 0 spiro atoms. The van der Waals surface area contributed by atoms with Crippen LogP contribution in [0, 0.1) is 0 Å². The lowest BCUT2D eigenvalue weighted by Crippen LogP contribution is -2.17. The topological polar surface area (TPSA) is 88.0 Å². The monoisotopic (exact) mass is 298 g/mol. The lowest BCUT2D eigenvalue weighted by molar-refractivity contribution is 0.0696. The van der Waals surface area contributed by atoms with Crippen molar-refractivity contribution in [3.63, 3.8) is 0 Å². The molecule has 0 saturated carbocycles. The van der Waals surface area contributed by atoms with Crippen molar-refractivity contribution >= 4 is 18.1 Å². The fraction of sp³-hybridized carbons (Fsp3) is 0.0625. The molecule has 0 saturated heterocycles. The molecule has 2 aromatic rings. The number of carboxylic acids is 1. The molecular weight excluding hydrogens is 284 g/mol. The minimum Gasteiger partial charge on any atom is -0.497 e. The van der Waals surface area contributed by atoms with Crippen LogP contribution in [-0.4, -0.2) is 30.3 Å². The van der Waals surface area contributed by atoms with Gasteiger partial charge in [0.15, 0.2) is 0 Å². The summed E-state index contributed by atoms with van der Waals surface area (Å²) in [4.78, 5) is 22.9. The maximum Gasteiger partial charge on any atom is 0.336 e. The standard InChI is InChI=1S/C16H14N2O4/c1-22-13-8-6-11(7-9-13)15(19)18-17-10-12-4-2-3-5-14(12)16(20)21/h2-10H,1H3,(H,18,19)(H,20,21)/b17-10-. The zero-order valence-corrected chi connectivity index (χ0v) is 11.8. The number of aromatic carboxylic acids is 1. The predicted molar refractivity (Wildman–Crippen MR) is 81.5 cm³/mol. The molecule has 112 valence electrons. The van der Waals surface area contributed by atoms with E-state index in [2.05, 4.69) is 10.5 Å². The van der Waals surface area contributed by atoms with E-state index in [1.807, 2.05) is 0 Å². The van der Waals surface area contributed by atoms with Gasteiger partial charge in [0, 0.05) is 11.1 Å². The normalized spacial score (nSPS) is 10.4. The number of amides is 1. The summed E-state index contributed by atoms with van der Waals surface area (Å²) in [5, 5.41) is 12.8. The molecule has 6 nitrogen and oxygen atoms in total. The van der Waals surface area contributed by atoms with Gasteiger partial charge in [0.2, 0.25) is 0 Å². The Hall–Kier alpha value is -3.15. The van der Waals surface area contributed by atoms with Gasteiger partial charge in [-0.15, -0.1) is 0 Å². The second kappa shape index (κ2) is 7.03. The van der Waals surface area contributed by atoms with Gasteiger partial charge in [-0.1, -0.05) is 18.2 Å². The SMILES string of the molecule is COc1ccc(C(=O)N/N=C\c2ccccc2C(=O)O)cc1. The van der Waals surface area contributed by atoms with Crippen LogP contribution in [0.15, 0.2) is 53.6 Å². The van der Waals surface area contributed by atoms with E-state index >= 15 is 0 Å². The van der Waals surface area contributed by atoms with Crippen molar-refractivity contribution < 1.29 is 19.4 Å². The Morgan fingerprint density at radius 2 is 1.82 bits per heavy atom. The Morgan fingerprint density at radius 1 is 1.14 bits per heavy atom. The van der Waals surface area contributed by atoms with Crippen molar-refractivity contribution in [2.75, 3.05) is 7.11 Å². The highest BCUT2D eigenvalue weighted by Crippen LogP contribution is 2.11. The van der Waals surface area contributed by atoms with E-state index < -0.39 is 11.9 Å². The minimum absolute atomic E-state index is 0.116. The van der Waals surface area contributed by atoms with Crippen molar-refractivity contribution in [3.8, 4) is 5.75 Å². The van der Waals surface area contributed by atoms with Crippen LogP contribution in [-0.2, 0) is 0 Å². The molecule has 2 N–H and O–H groups in total. The molecule has 0 bridgehead atoms. The van der Waals surface area contributed by atoms with Crippen LogP contribution in [0.2, 0.25) is 0 Å². The molecule has 0 unspecified atom stereocenters. The van der Waals surface area contributed by atoms with Crippen molar-refractivity contribution in [3.05, 3.63) is 65.2 Å². The third kappa shape index (κ3) is 3.69. The highest BCUT2D eigenvalue weighted by Gasteiger charge is 2.07. The smallest absolute Gasteiger partial charge is 0.336 e. The maximum atomic E-state index is 11.9. The summed E-state index contributed by atoms with van der Waals surface area (Å²) in [6.45, 7) is 0. The van der Waals surface area contributed by atoms with Crippen LogP contribution in [0.4, 0.5) is 0 Å². The summed E-state index contributed by atoms with van der Waals surface area (Å²) in [6, 6.07) is 12.9. The first-order valence-corrected chi connectivity index (χ1v) is 6.41. The van der Waals surface area contributed by atoms with Crippen molar-refractivity contribution in [2.24, 2.45) is 5.10 Å². The largest absolute Gasteiger partial charge is 0.497 e. The molecule has 0 atom stereocenters. The number of hydrazone groups is 1. The first kappa shape index (κ1) is 15.2. The van der Waals surface area contributed by atoms with Gasteiger partial charge in [-0.2, -0.15) is 5.10 Å². The van der Waals surface area contributed by atoms with Gasteiger partial charge >= 0.3 is 5.97 Å². The van der Waals surface area contributed by atoms with E-state index in [1.165, 1.54) is 12.3 Å². The Morgan fingerprint density at radius 3 is 2.45 bits per heavy atom. The average molecular weight is 298 g/mol. The minimum atomic E-state index is -1.05. The summed E-state index contributed by atoms with van der Waals surface area (Å²) < 4.78 is 5.01. The van der Waals surface area contributed by atoms with Crippen LogP contribution in [0.3, 0.4) is 0 Å². The summed E-state index contributed by atoms with van der Waals surface area (Å²) in [6.07, 6.45) is 1.30. The van der Waals surface area contributed by atoms with E-state index in [0.717, 1.165) is 0 Å². The number of rotatable bonds is 5. The lowest BCUT2D eigenvalue weighted by Gasteiger charge is -2.02. The van der Waals surface area contributed by atoms with E-state index in [-0.39, 0.29) is 5.56 Å². The highest BCUT2D eigenvalue weighted by atomic mass is 16.5. The molecule has 6 heteroatoms. The fourth-order valence-electron chi connectivity index (χ4n) is 1.77. The zero-order valence-electron chi connectivity index (χ0n) is 11.8. The molecule has 1 amide bonds. The third-order valence-corrected chi connectivity index (χ3v) is 2.91. The highest BCUT2D eigenvalue weighted by molar-refractivity contribution is 5.99. The number of methoxy groups -OCH3 is 1. The first-order chi connectivity index (χ1) is 10.6. The Kier molecular flexibility index (Phi) is 4.87. The van der Waals surface area contributed by atoms with Gasteiger partial charge in [0.05, 0.1) is 18.9 Å². The molecule has 0 radical (unpaired) electrons. The van der Waals surface area contributed by atoms with Crippen molar-refractivity contribution in [2.45, 2.75) is 0 Å². The molecular formula is C16H14N2O4. The van der Waals surface area contributed by atoms with E-state index in [0.29, 0.717) is 16.9 Å². The summed E-state index contributed by atoms with van der Waals surface area (Å²) in [5.41, 5.74) is 3.29. The summed E-state index contributed by atoms with van der Waals surface area (Å²) in [7, 11) is 1.54. The van der Waals surface area contributed by atoms with Gasteiger partial charge in [-0.25, -0.2) is 10.2 Å². The van der Waals surface area contributed by atoms with Gasteiger partial charge in [-0.05, 0) is 30.3 Å². The van der Waals surface area contributed by atoms with E-state index in [9.17, 15) is 9.59 Å². The number of hydrogen-bond acceptors (Lipinski definition) is 4. The Balaban J connectivity index is 2.05. The van der Waals surface area contributed by atoms with Gasteiger partial charge in [-0.3, -0.25) is 4.79 Å². The lowest BCUT2D eigenvalue weighted by atomic mass is 10.1. The molecule has 22 heavy (non-hydrogen) atoms. The molecule has 0 heterocycles. The molecule has 0 fully saturated rings. The van der Waals surface area contributed by atoms with Gasteiger partial charge in [0.25, 0.3) is 5.91 Å². The number of carbonyl (C=O) groups is 2. The maximum absolute atomic E-state index is 11.9. The second-order valence-corrected chi connectivity index (χ2v) is 4.32. The van der Waals surface area contributed by atoms with Crippen LogP contribution in [0.1, 0.15) is 26.3 Å². The van der Waals surface area contributed by atoms with Crippen LogP contribution >= 0.6 is 0 Å². The quantitative estimate of drug-likeness (QED) is 0.654. The van der Waals surface area contributed by atoms with Crippen LogP contribution in [0.5, 0.6) is 5.75 Å². The Labute approximate surface area is 127 Å². The number of hydrogen-bond donors (Lipinski definition) is 2. The van der Waals surface area contributed by atoms with Crippen LogP contribution < -0.4 is 10.2 Å². The first-order valence-electron chi connectivity index (χ1n) is 6.41. The van der Waals surface area contributed by atoms with Crippen LogP contribution in [0.25, 0.3) is 0 Å². The summed E-state index contributed by atoms with van der Waals surface area (Å²) in [5.74, 6) is -0.800. The molecule has 0 aliphatic carbocycles. The molecule has 2 rings (SSSR count). The Bertz CT molecular complexity index is 708. The number of benzene rings is 2. The van der Waals surface area contributed by atoms with E-state index in [1.54, 1.807) is 49.6 Å². The average Bonchev–Trinajstić information content (AvgIpc) is 2.55. The summed E-state index contributed by atoms with van der Waals surface area (Å²) >= 11 is 0. The number of ether oxygens (including phenoxy) is 1. The number of nitrogens with zero attached hydrogens (tertiary/aromatic N) is 1. The fourth-order valence-corrected chi connectivity index (χ4v) is 1.77. The predicted octanol–water partition coefficient (Wildman–Crippen LogP) is 2.16. The van der Waals surface area contributed by atoms with Crippen molar-refractivity contribution in [1.82, 2.24) is 5.43 Å². The van der Waals surface area contributed by atoms with Gasteiger partial charge in [0.1, 0.15) is 5.75 Å². The zero-order chi connectivity index (χ0) is 15.9. The molecule has 2 aromatic carbocycles. The molecule has 0 aromatic heterocycles. The third-order valence-electron chi connectivity index (χ3n) is 2.91. The van der Waals surface area contributed by atoms with Crippen molar-refractivity contribution in [1.29, 1.82) is 0 Å². The number of nitrogens with one attached hydrogen (secondary N) is 1. The van der Waals surface area contributed by atoms with E-state index in [4.69, 9.17) is 9.84 Å².